The number of fused-ring (bicyclic) bond motifs is 1. The summed E-state index contributed by atoms with van der Waals surface area (Å²) in [5.41, 5.74) is 0.685. The van der Waals surface area contributed by atoms with Crippen LogP contribution in [-0.2, 0) is 9.53 Å². The number of carbonyl (C=O) groups is 3. The number of esters is 1. The molecule has 0 fully saturated rings. The smallest absolute Gasteiger partial charge is 0.330 e. The molecule has 1 heterocycles. The van der Waals surface area contributed by atoms with E-state index < -0.39 is 23.8 Å². The van der Waals surface area contributed by atoms with Crippen LogP contribution in [0, 0.1) is 5.92 Å². The maximum absolute atomic E-state index is 12.6. The van der Waals surface area contributed by atoms with Crippen molar-refractivity contribution >= 4 is 39.4 Å². The highest BCUT2D eigenvalue weighted by molar-refractivity contribution is 8.76. The number of hydrogen-bond acceptors (Lipinski definition) is 6. The van der Waals surface area contributed by atoms with Crippen LogP contribution in [0.3, 0.4) is 0 Å². The molecule has 1 aromatic rings. The second-order valence-corrected chi connectivity index (χ2v) is 8.91. The van der Waals surface area contributed by atoms with Crippen molar-refractivity contribution in [1.29, 1.82) is 0 Å². The van der Waals surface area contributed by atoms with E-state index in [9.17, 15) is 14.4 Å². The number of carbonyl (C=O) groups excluding carboxylic acids is 3. The summed E-state index contributed by atoms with van der Waals surface area (Å²) in [5, 5.41) is 0.398. The van der Waals surface area contributed by atoms with Crippen LogP contribution in [-0.4, -0.2) is 46.3 Å². The molecule has 1 aliphatic heterocycles. The summed E-state index contributed by atoms with van der Waals surface area (Å²) in [6.45, 7) is 8.29. The molecule has 0 saturated carbocycles. The zero-order valence-electron chi connectivity index (χ0n) is 14.9. The second-order valence-electron chi connectivity index (χ2n) is 6.12. The van der Waals surface area contributed by atoms with Gasteiger partial charge in [-0.2, -0.15) is 0 Å². The molecule has 0 bridgehead atoms. The van der Waals surface area contributed by atoms with E-state index in [2.05, 4.69) is 20.8 Å². The zero-order chi connectivity index (χ0) is 18.6. The summed E-state index contributed by atoms with van der Waals surface area (Å²) in [7, 11) is 3.14. The van der Waals surface area contributed by atoms with E-state index in [-0.39, 0.29) is 6.61 Å². The molecule has 2 amide bonds. The molecule has 0 aromatic heterocycles. The van der Waals surface area contributed by atoms with Gasteiger partial charge in [-0.25, -0.2) is 4.79 Å². The van der Waals surface area contributed by atoms with Crippen molar-refractivity contribution in [3.8, 4) is 0 Å². The van der Waals surface area contributed by atoms with E-state index in [1.54, 1.807) is 42.0 Å². The predicted molar refractivity (Wildman–Crippen MR) is 102 cm³/mol. The minimum atomic E-state index is -0.913. The lowest BCUT2D eigenvalue weighted by atomic mass is 10.1. The number of benzene rings is 1. The van der Waals surface area contributed by atoms with Gasteiger partial charge in [0.25, 0.3) is 11.8 Å². The minimum Gasteiger partial charge on any atom is -0.464 e. The fourth-order valence-electron chi connectivity index (χ4n) is 2.30. The van der Waals surface area contributed by atoms with Crippen LogP contribution in [0.5, 0.6) is 0 Å². The molecule has 2 unspecified atom stereocenters. The summed E-state index contributed by atoms with van der Waals surface area (Å²) in [6, 6.07) is 5.73. The van der Waals surface area contributed by atoms with Crippen LogP contribution in [0.4, 0.5) is 0 Å². The molecule has 0 spiro atoms. The third kappa shape index (κ3) is 4.39. The normalized spacial score (nSPS) is 16.1. The zero-order valence-corrected chi connectivity index (χ0v) is 16.5. The SMILES string of the molecule is CCOC(=O)C(CSSC(C)C(C)C)N1C(=O)c2ccccc2C1=O. The Morgan fingerprint density at radius 3 is 2.16 bits per heavy atom. The van der Waals surface area contributed by atoms with Gasteiger partial charge >= 0.3 is 5.97 Å². The molecule has 136 valence electrons. The van der Waals surface area contributed by atoms with Gasteiger partial charge in [-0.05, 0) is 25.0 Å². The highest BCUT2D eigenvalue weighted by Gasteiger charge is 2.43. The van der Waals surface area contributed by atoms with E-state index in [1.165, 1.54) is 10.8 Å². The van der Waals surface area contributed by atoms with Gasteiger partial charge < -0.3 is 4.74 Å². The molecular formula is C18H23NO4S2. The molecule has 2 rings (SSSR count). The van der Waals surface area contributed by atoms with Gasteiger partial charge in [-0.3, -0.25) is 14.5 Å². The Balaban J connectivity index is 2.17. The summed E-state index contributed by atoms with van der Waals surface area (Å²) in [4.78, 5) is 38.7. The molecule has 7 heteroatoms. The van der Waals surface area contributed by atoms with E-state index in [0.29, 0.717) is 28.0 Å². The maximum atomic E-state index is 12.6. The lowest BCUT2D eigenvalue weighted by molar-refractivity contribution is -0.146. The van der Waals surface area contributed by atoms with Crippen LogP contribution >= 0.6 is 21.6 Å². The first-order valence-corrected chi connectivity index (χ1v) is 10.7. The van der Waals surface area contributed by atoms with E-state index in [0.717, 1.165) is 4.90 Å². The van der Waals surface area contributed by atoms with Crippen molar-refractivity contribution in [1.82, 2.24) is 4.90 Å². The number of imide groups is 1. The summed E-state index contributed by atoms with van der Waals surface area (Å²) < 4.78 is 5.11. The predicted octanol–water partition coefficient (Wildman–Crippen LogP) is 3.64. The van der Waals surface area contributed by atoms with Crippen LogP contribution < -0.4 is 0 Å². The fourth-order valence-corrected chi connectivity index (χ4v) is 5.16. The van der Waals surface area contributed by atoms with Crippen LogP contribution in [0.2, 0.25) is 0 Å². The Bertz CT molecular complexity index is 627. The Morgan fingerprint density at radius 2 is 1.68 bits per heavy atom. The average Bonchev–Trinajstić information content (AvgIpc) is 2.83. The molecule has 1 aliphatic rings. The van der Waals surface area contributed by atoms with E-state index in [4.69, 9.17) is 4.74 Å². The number of nitrogens with zero attached hydrogens (tertiary/aromatic N) is 1. The highest BCUT2D eigenvalue weighted by atomic mass is 33.1. The minimum absolute atomic E-state index is 0.207. The molecule has 5 nitrogen and oxygen atoms in total. The lowest BCUT2D eigenvalue weighted by Crippen LogP contribution is -2.47. The molecule has 2 atom stereocenters. The first-order chi connectivity index (χ1) is 11.9. The van der Waals surface area contributed by atoms with Crippen LogP contribution in [0.1, 0.15) is 48.4 Å². The third-order valence-electron chi connectivity index (χ3n) is 4.08. The molecular weight excluding hydrogens is 358 g/mol. The Hall–Kier alpha value is -1.47. The fraction of sp³-hybridized carbons (Fsp3) is 0.500. The monoisotopic (exact) mass is 381 g/mol. The van der Waals surface area contributed by atoms with E-state index in [1.807, 2.05) is 0 Å². The van der Waals surface area contributed by atoms with Crippen molar-refractivity contribution in [3.05, 3.63) is 35.4 Å². The second kappa shape index (κ2) is 8.76. The topological polar surface area (TPSA) is 63.7 Å². The van der Waals surface area contributed by atoms with Crippen molar-refractivity contribution in [3.63, 3.8) is 0 Å². The number of rotatable bonds is 8. The largest absolute Gasteiger partial charge is 0.464 e. The van der Waals surface area contributed by atoms with Crippen molar-refractivity contribution in [2.75, 3.05) is 12.4 Å². The Morgan fingerprint density at radius 1 is 1.12 bits per heavy atom. The molecule has 0 radical (unpaired) electrons. The highest BCUT2D eigenvalue weighted by Crippen LogP contribution is 2.34. The van der Waals surface area contributed by atoms with Gasteiger partial charge in [-0.15, -0.1) is 0 Å². The van der Waals surface area contributed by atoms with Gasteiger partial charge in [0.05, 0.1) is 17.7 Å². The third-order valence-corrected chi connectivity index (χ3v) is 7.24. The summed E-state index contributed by atoms with van der Waals surface area (Å²) >= 11 is 0. The maximum Gasteiger partial charge on any atom is 0.330 e. The average molecular weight is 382 g/mol. The summed E-state index contributed by atoms with van der Waals surface area (Å²) in [6.07, 6.45) is 0. The first kappa shape index (κ1) is 19.8. The number of amides is 2. The van der Waals surface area contributed by atoms with Gasteiger partial charge in [0.2, 0.25) is 0 Å². The molecule has 1 aromatic carbocycles. The molecule has 0 saturated heterocycles. The van der Waals surface area contributed by atoms with E-state index >= 15 is 0 Å². The summed E-state index contributed by atoms with van der Waals surface area (Å²) in [5.74, 6) is -0.589. The number of ether oxygens (including phenoxy) is 1. The Labute approximate surface area is 156 Å². The van der Waals surface area contributed by atoms with Gasteiger partial charge in [0.1, 0.15) is 6.04 Å². The van der Waals surface area contributed by atoms with Gasteiger partial charge in [0, 0.05) is 11.0 Å². The standard InChI is InChI=1S/C18H23NO4S2/c1-5-23-18(22)15(10-24-25-12(4)11(2)3)19-16(20)13-8-6-7-9-14(13)17(19)21/h6-9,11-12,15H,5,10H2,1-4H3. The first-order valence-electron chi connectivity index (χ1n) is 8.30. The number of hydrogen-bond donors (Lipinski definition) is 0. The molecule has 25 heavy (non-hydrogen) atoms. The molecule has 0 aliphatic carbocycles. The molecule has 0 N–H and O–H groups in total. The van der Waals surface area contributed by atoms with Crippen molar-refractivity contribution in [2.24, 2.45) is 5.92 Å². The lowest BCUT2D eigenvalue weighted by Gasteiger charge is -2.24. The van der Waals surface area contributed by atoms with Crippen LogP contribution in [0.25, 0.3) is 0 Å². The van der Waals surface area contributed by atoms with Crippen molar-refractivity contribution in [2.45, 2.75) is 39.0 Å². The quantitative estimate of drug-likeness (QED) is 0.389. The Kier molecular flexibility index (Phi) is 6.95. The van der Waals surface area contributed by atoms with Gasteiger partial charge in [0.15, 0.2) is 0 Å². The van der Waals surface area contributed by atoms with Crippen LogP contribution in [0.15, 0.2) is 24.3 Å². The van der Waals surface area contributed by atoms with Crippen molar-refractivity contribution < 1.29 is 19.1 Å². The van der Waals surface area contributed by atoms with Gasteiger partial charge in [-0.1, -0.05) is 54.5 Å².